The smallest absolute Gasteiger partial charge is 0.297 e. The van der Waals surface area contributed by atoms with Crippen LogP contribution in [0.4, 0.5) is 6.01 Å². The van der Waals surface area contributed by atoms with Crippen molar-refractivity contribution in [2.24, 2.45) is 5.92 Å². The van der Waals surface area contributed by atoms with Crippen LogP contribution in [0.3, 0.4) is 0 Å². The molecule has 0 saturated heterocycles. The van der Waals surface area contributed by atoms with Crippen LogP contribution >= 0.6 is 0 Å². The lowest BCUT2D eigenvalue weighted by Crippen LogP contribution is -2.28. The first-order chi connectivity index (χ1) is 9.06. The van der Waals surface area contributed by atoms with Gasteiger partial charge in [0.25, 0.3) is 6.01 Å². The summed E-state index contributed by atoms with van der Waals surface area (Å²) in [5.41, 5.74) is 0.999. The molecular weight excluding hydrogens is 238 g/mol. The van der Waals surface area contributed by atoms with Gasteiger partial charge in [0, 0.05) is 25.2 Å². The number of oxazole rings is 1. The Morgan fingerprint density at radius 3 is 2.68 bits per heavy atom. The molecule has 0 atom stereocenters. The minimum absolute atomic E-state index is 0.473. The number of rotatable bonds is 8. The lowest BCUT2D eigenvalue weighted by molar-refractivity contribution is 0.503. The van der Waals surface area contributed by atoms with Crippen LogP contribution in [0.2, 0.25) is 0 Å². The molecule has 1 N–H and O–H groups in total. The van der Waals surface area contributed by atoms with Gasteiger partial charge in [-0.15, -0.1) is 0 Å². The van der Waals surface area contributed by atoms with Crippen LogP contribution < -0.4 is 10.2 Å². The maximum Gasteiger partial charge on any atom is 0.297 e. The van der Waals surface area contributed by atoms with E-state index in [1.165, 1.54) is 19.3 Å². The van der Waals surface area contributed by atoms with Crippen LogP contribution in [0.25, 0.3) is 0 Å². The topological polar surface area (TPSA) is 41.3 Å². The zero-order valence-electron chi connectivity index (χ0n) is 12.6. The Labute approximate surface area is 116 Å². The van der Waals surface area contributed by atoms with Crippen molar-refractivity contribution in [2.45, 2.75) is 65.6 Å². The van der Waals surface area contributed by atoms with Crippen LogP contribution in [-0.4, -0.2) is 23.6 Å². The van der Waals surface area contributed by atoms with Crippen molar-refractivity contribution in [3.63, 3.8) is 0 Å². The zero-order valence-corrected chi connectivity index (χ0v) is 12.6. The second-order valence-electron chi connectivity index (χ2n) is 6.26. The lowest BCUT2D eigenvalue weighted by Gasteiger charge is -2.20. The molecule has 0 spiro atoms. The highest BCUT2D eigenvalue weighted by molar-refractivity contribution is 5.31. The molecule has 1 aliphatic carbocycles. The van der Waals surface area contributed by atoms with Crippen molar-refractivity contribution in [3.8, 4) is 0 Å². The predicted octanol–water partition coefficient (Wildman–Crippen LogP) is 3.19. The SMILES string of the molecule is CC(C)CCN(c1nc(CNC(C)C)co1)C1CC1. The lowest BCUT2D eigenvalue weighted by atomic mass is 10.1. The largest absolute Gasteiger partial charge is 0.432 e. The molecule has 0 aromatic carbocycles. The standard InChI is InChI=1S/C15H27N3O/c1-11(2)7-8-18(14-5-6-14)15-17-13(10-19-15)9-16-12(3)4/h10-12,14,16H,5-9H2,1-4H3. The van der Waals surface area contributed by atoms with E-state index in [1.807, 2.05) is 0 Å². The molecule has 1 aromatic heterocycles. The predicted molar refractivity (Wildman–Crippen MR) is 78.3 cm³/mol. The molecule has 1 fully saturated rings. The summed E-state index contributed by atoms with van der Waals surface area (Å²) in [6, 6.07) is 1.94. The summed E-state index contributed by atoms with van der Waals surface area (Å²) in [6.45, 7) is 10.6. The monoisotopic (exact) mass is 265 g/mol. The van der Waals surface area contributed by atoms with E-state index in [-0.39, 0.29) is 0 Å². The molecule has 0 radical (unpaired) electrons. The number of hydrogen-bond donors (Lipinski definition) is 1. The maximum absolute atomic E-state index is 5.67. The van der Waals surface area contributed by atoms with E-state index in [0.29, 0.717) is 12.1 Å². The normalized spacial score (nSPS) is 15.5. The fourth-order valence-electron chi connectivity index (χ4n) is 2.04. The van der Waals surface area contributed by atoms with Gasteiger partial charge in [0.2, 0.25) is 0 Å². The van der Waals surface area contributed by atoms with Gasteiger partial charge in [0.05, 0.1) is 5.69 Å². The van der Waals surface area contributed by atoms with Crippen LogP contribution in [-0.2, 0) is 6.54 Å². The molecule has 0 aliphatic heterocycles. The summed E-state index contributed by atoms with van der Waals surface area (Å²) >= 11 is 0. The second kappa shape index (κ2) is 6.42. The van der Waals surface area contributed by atoms with Crippen molar-refractivity contribution in [3.05, 3.63) is 12.0 Å². The van der Waals surface area contributed by atoms with E-state index < -0.39 is 0 Å². The Hall–Kier alpha value is -1.03. The Morgan fingerprint density at radius 2 is 2.11 bits per heavy atom. The first-order valence-electron chi connectivity index (χ1n) is 7.50. The average molecular weight is 265 g/mol. The van der Waals surface area contributed by atoms with Gasteiger partial charge in [-0.2, -0.15) is 4.98 Å². The third kappa shape index (κ3) is 4.53. The van der Waals surface area contributed by atoms with Gasteiger partial charge in [-0.3, -0.25) is 0 Å². The number of nitrogens with one attached hydrogen (secondary N) is 1. The molecule has 19 heavy (non-hydrogen) atoms. The van der Waals surface area contributed by atoms with Crippen LogP contribution in [0.5, 0.6) is 0 Å². The third-order valence-electron chi connectivity index (χ3n) is 3.41. The molecule has 2 rings (SSSR count). The third-order valence-corrected chi connectivity index (χ3v) is 3.41. The summed E-state index contributed by atoms with van der Waals surface area (Å²) in [7, 11) is 0. The summed E-state index contributed by atoms with van der Waals surface area (Å²) in [5, 5.41) is 3.37. The summed E-state index contributed by atoms with van der Waals surface area (Å²) in [6.07, 6.45) is 5.54. The Bertz CT molecular complexity index is 382. The molecular formula is C15H27N3O. The molecule has 4 nitrogen and oxygen atoms in total. The molecule has 4 heteroatoms. The molecule has 0 bridgehead atoms. The van der Waals surface area contributed by atoms with Gasteiger partial charge in [-0.25, -0.2) is 0 Å². The van der Waals surface area contributed by atoms with E-state index in [9.17, 15) is 0 Å². The van der Waals surface area contributed by atoms with Gasteiger partial charge in [0.15, 0.2) is 0 Å². The van der Waals surface area contributed by atoms with E-state index in [0.717, 1.165) is 30.7 Å². The highest BCUT2D eigenvalue weighted by Gasteiger charge is 2.31. The minimum atomic E-state index is 0.473. The highest BCUT2D eigenvalue weighted by atomic mass is 16.4. The first-order valence-corrected chi connectivity index (χ1v) is 7.50. The van der Waals surface area contributed by atoms with E-state index in [1.54, 1.807) is 6.26 Å². The molecule has 1 aliphatic rings. The summed E-state index contributed by atoms with van der Waals surface area (Å²) in [4.78, 5) is 6.96. The molecule has 1 saturated carbocycles. The Kier molecular flexibility index (Phi) is 4.86. The summed E-state index contributed by atoms with van der Waals surface area (Å²) < 4.78 is 5.67. The average Bonchev–Trinajstić information content (AvgIpc) is 3.05. The van der Waals surface area contributed by atoms with E-state index in [4.69, 9.17) is 4.42 Å². The van der Waals surface area contributed by atoms with Gasteiger partial charge in [0.1, 0.15) is 6.26 Å². The van der Waals surface area contributed by atoms with Gasteiger partial charge in [-0.1, -0.05) is 27.7 Å². The van der Waals surface area contributed by atoms with E-state index in [2.05, 4.69) is 42.9 Å². The van der Waals surface area contributed by atoms with Crippen molar-refractivity contribution in [1.82, 2.24) is 10.3 Å². The van der Waals surface area contributed by atoms with E-state index >= 15 is 0 Å². The molecule has 1 aromatic rings. The minimum Gasteiger partial charge on any atom is -0.432 e. The summed E-state index contributed by atoms with van der Waals surface area (Å²) in [5.74, 6) is 0.721. The molecule has 0 amide bonds. The fourth-order valence-corrected chi connectivity index (χ4v) is 2.04. The van der Waals surface area contributed by atoms with Gasteiger partial charge in [-0.05, 0) is 25.2 Å². The van der Waals surface area contributed by atoms with Crippen LogP contribution in [0.1, 0.15) is 52.7 Å². The number of aromatic nitrogens is 1. The van der Waals surface area contributed by atoms with Crippen LogP contribution in [0, 0.1) is 5.92 Å². The highest BCUT2D eigenvalue weighted by Crippen LogP contribution is 2.31. The number of nitrogens with zero attached hydrogens (tertiary/aromatic N) is 2. The van der Waals surface area contributed by atoms with Crippen molar-refractivity contribution in [1.29, 1.82) is 0 Å². The van der Waals surface area contributed by atoms with Gasteiger partial charge >= 0.3 is 0 Å². The van der Waals surface area contributed by atoms with Crippen molar-refractivity contribution < 1.29 is 4.42 Å². The quantitative estimate of drug-likeness (QED) is 0.784. The Morgan fingerprint density at radius 1 is 1.37 bits per heavy atom. The zero-order chi connectivity index (χ0) is 13.8. The fraction of sp³-hybridized carbons (Fsp3) is 0.800. The molecule has 1 heterocycles. The Balaban J connectivity index is 1.93. The maximum atomic E-state index is 5.67. The molecule has 0 unspecified atom stereocenters. The number of hydrogen-bond acceptors (Lipinski definition) is 4. The first kappa shape index (κ1) is 14.4. The number of anilines is 1. The molecule has 108 valence electrons. The van der Waals surface area contributed by atoms with Gasteiger partial charge < -0.3 is 14.6 Å². The second-order valence-corrected chi connectivity index (χ2v) is 6.26. The van der Waals surface area contributed by atoms with Crippen molar-refractivity contribution in [2.75, 3.05) is 11.4 Å². The van der Waals surface area contributed by atoms with Crippen LogP contribution in [0.15, 0.2) is 10.7 Å². The van der Waals surface area contributed by atoms with Crippen molar-refractivity contribution >= 4 is 6.01 Å².